The molecule has 0 spiro atoms. The molecule has 0 bridgehead atoms. The summed E-state index contributed by atoms with van der Waals surface area (Å²) in [5.74, 6) is 0.637. The Kier molecular flexibility index (Phi) is 5.76. The Bertz CT molecular complexity index is 1010. The summed E-state index contributed by atoms with van der Waals surface area (Å²) < 4.78 is 0. The van der Waals surface area contributed by atoms with Gasteiger partial charge in [-0.3, -0.25) is 14.7 Å². The number of hydrogen-bond acceptors (Lipinski definition) is 4. The van der Waals surface area contributed by atoms with Gasteiger partial charge in [-0.2, -0.15) is 0 Å². The summed E-state index contributed by atoms with van der Waals surface area (Å²) in [6.45, 7) is 1.21. The maximum Gasteiger partial charge on any atom is 0.321 e. The number of thioether (sulfide) groups is 1. The molecule has 1 saturated heterocycles. The maximum atomic E-state index is 12.6. The fourth-order valence-electron chi connectivity index (χ4n) is 3.02. The highest BCUT2D eigenvalue weighted by Crippen LogP contribution is 2.24. The zero-order valence-corrected chi connectivity index (χ0v) is 16.5. The number of carbonyl (C=O) groups excluding carboxylic acids is 2. The van der Waals surface area contributed by atoms with Crippen LogP contribution >= 0.6 is 11.8 Å². The van der Waals surface area contributed by atoms with E-state index < -0.39 is 0 Å². The van der Waals surface area contributed by atoms with Crippen LogP contribution in [-0.4, -0.2) is 30.0 Å². The standard InChI is InChI=1S/C22H20N4O2S/c27-21(17-4-1-5-19(13-17)26-12-11-24-22(26)28)25-18-6-8-20(9-7-18)29-15-16-3-2-10-23-14-16/h1-10,13-14H,11-12,15H2,(H,24,28)(H,25,27). The van der Waals surface area contributed by atoms with E-state index in [1.54, 1.807) is 41.1 Å². The second-order valence-electron chi connectivity index (χ2n) is 6.56. The van der Waals surface area contributed by atoms with Crippen molar-refractivity contribution in [1.82, 2.24) is 10.3 Å². The van der Waals surface area contributed by atoms with Crippen molar-refractivity contribution in [2.24, 2.45) is 0 Å². The molecule has 1 fully saturated rings. The number of hydrogen-bond donors (Lipinski definition) is 2. The molecule has 2 heterocycles. The Morgan fingerprint density at radius 2 is 2.00 bits per heavy atom. The molecule has 1 aromatic heterocycles. The van der Waals surface area contributed by atoms with Gasteiger partial charge in [-0.25, -0.2) is 4.79 Å². The monoisotopic (exact) mass is 404 g/mol. The molecule has 0 aliphatic carbocycles. The zero-order chi connectivity index (χ0) is 20.1. The summed E-state index contributed by atoms with van der Waals surface area (Å²) in [4.78, 5) is 31.3. The van der Waals surface area contributed by atoms with Crippen LogP contribution in [0.3, 0.4) is 0 Å². The molecule has 3 amide bonds. The molecule has 2 N–H and O–H groups in total. The minimum atomic E-state index is -0.206. The van der Waals surface area contributed by atoms with Crippen LogP contribution < -0.4 is 15.5 Å². The van der Waals surface area contributed by atoms with Crippen molar-refractivity contribution >= 4 is 35.1 Å². The lowest BCUT2D eigenvalue weighted by molar-refractivity contribution is 0.102. The largest absolute Gasteiger partial charge is 0.336 e. The molecule has 0 saturated carbocycles. The maximum absolute atomic E-state index is 12.6. The van der Waals surface area contributed by atoms with Crippen molar-refractivity contribution in [1.29, 1.82) is 0 Å². The van der Waals surface area contributed by atoms with Crippen molar-refractivity contribution in [3.05, 3.63) is 84.2 Å². The van der Waals surface area contributed by atoms with Crippen LogP contribution in [0.15, 0.2) is 78.0 Å². The molecule has 0 unspecified atom stereocenters. The summed E-state index contributed by atoms with van der Waals surface area (Å²) in [6, 6.07) is 18.7. The van der Waals surface area contributed by atoms with Gasteiger partial charge < -0.3 is 10.6 Å². The van der Waals surface area contributed by atoms with Crippen molar-refractivity contribution in [2.45, 2.75) is 10.6 Å². The molecule has 2 aromatic carbocycles. The lowest BCUT2D eigenvalue weighted by Gasteiger charge is -2.15. The molecule has 146 valence electrons. The Hall–Kier alpha value is -3.32. The number of amides is 3. The van der Waals surface area contributed by atoms with Gasteiger partial charge in [-0.1, -0.05) is 12.1 Å². The molecular weight excluding hydrogens is 384 g/mol. The molecule has 1 aliphatic heterocycles. The van der Waals surface area contributed by atoms with Crippen LogP contribution in [0.2, 0.25) is 0 Å². The first kappa shape index (κ1) is 19.0. The van der Waals surface area contributed by atoms with E-state index >= 15 is 0 Å². The highest BCUT2D eigenvalue weighted by atomic mass is 32.2. The number of aromatic nitrogens is 1. The number of rotatable bonds is 6. The summed E-state index contributed by atoms with van der Waals surface area (Å²) in [5.41, 5.74) is 3.12. The highest BCUT2D eigenvalue weighted by molar-refractivity contribution is 7.98. The van der Waals surface area contributed by atoms with E-state index in [1.807, 2.05) is 42.6 Å². The van der Waals surface area contributed by atoms with Gasteiger partial charge in [0.2, 0.25) is 0 Å². The van der Waals surface area contributed by atoms with Crippen LogP contribution in [0.1, 0.15) is 15.9 Å². The topological polar surface area (TPSA) is 74.3 Å². The number of carbonyl (C=O) groups is 2. The quantitative estimate of drug-likeness (QED) is 0.605. The Morgan fingerprint density at radius 3 is 2.72 bits per heavy atom. The molecular formula is C22H20N4O2S. The van der Waals surface area contributed by atoms with Gasteiger partial charge in [-0.05, 0) is 54.1 Å². The van der Waals surface area contributed by atoms with E-state index in [0.717, 1.165) is 22.0 Å². The molecule has 4 rings (SSSR count). The van der Waals surface area contributed by atoms with E-state index in [4.69, 9.17) is 0 Å². The second kappa shape index (κ2) is 8.79. The molecule has 3 aromatic rings. The van der Waals surface area contributed by atoms with E-state index in [2.05, 4.69) is 21.7 Å². The average Bonchev–Trinajstić information content (AvgIpc) is 3.20. The first-order valence-electron chi connectivity index (χ1n) is 9.27. The van der Waals surface area contributed by atoms with Crippen molar-refractivity contribution in [3.63, 3.8) is 0 Å². The number of nitrogens with one attached hydrogen (secondary N) is 2. The molecule has 0 atom stereocenters. The molecule has 29 heavy (non-hydrogen) atoms. The molecule has 1 aliphatic rings. The van der Waals surface area contributed by atoms with Gasteiger partial charge in [-0.15, -0.1) is 11.8 Å². The smallest absolute Gasteiger partial charge is 0.321 e. The predicted octanol–water partition coefficient (Wildman–Crippen LogP) is 4.16. The Balaban J connectivity index is 1.38. The zero-order valence-electron chi connectivity index (χ0n) is 15.7. The van der Waals surface area contributed by atoms with E-state index in [1.165, 1.54) is 5.56 Å². The summed E-state index contributed by atoms with van der Waals surface area (Å²) in [7, 11) is 0. The van der Waals surface area contributed by atoms with Gasteiger partial charge in [0.05, 0.1) is 0 Å². The Labute approximate surface area is 173 Å². The van der Waals surface area contributed by atoms with Gasteiger partial charge in [0.25, 0.3) is 5.91 Å². The third-order valence-corrected chi connectivity index (χ3v) is 5.60. The minimum absolute atomic E-state index is 0.137. The lowest BCUT2D eigenvalue weighted by atomic mass is 10.1. The van der Waals surface area contributed by atoms with Crippen LogP contribution in [0.4, 0.5) is 16.2 Å². The van der Waals surface area contributed by atoms with Crippen molar-refractivity contribution in [2.75, 3.05) is 23.3 Å². The summed E-state index contributed by atoms with van der Waals surface area (Å²) in [6.07, 6.45) is 3.63. The van der Waals surface area contributed by atoms with Gasteiger partial charge >= 0.3 is 6.03 Å². The fourth-order valence-corrected chi connectivity index (χ4v) is 3.85. The Morgan fingerprint density at radius 1 is 1.14 bits per heavy atom. The third kappa shape index (κ3) is 4.75. The predicted molar refractivity (Wildman–Crippen MR) is 115 cm³/mol. The SMILES string of the molecule is O=C(Nc1ccc(SCc2cccnc2)cc1)c1cccc(N2CCNC2=O)c1. The van der Waals surface area contributed by atoms with Gasteiger partial charge in [0, 0.05) is 53.1 Å². The average molecular weight is 404 g/mol. The highest BCUT2D eigenvalue weighted by Gasteiger charge is 2.21. The van der Waals surface area contributed by atoms with Crippen LogP contribution in [0.25, 0.3) is 0 Å². The van der Waals surface area contributed by atoms with E-state index in [-0.39, 0.29) is 11.9 Å². The number of nitrogens with zero attached hydrogens (tertiary/aromatic N) is 2. The second-order valence-corrected chi connectivity index (χ2v) is 7.61. The summed E-state index contributed by atoms with van der Waals surface area (Å²) >= 11 is 1.72. The number of urea groups is 1. The van der Waals surface area contributed by atoms with Crippen LogP contribution in [-0.2, 0) is 5.75 Å². The van der Waals surface area contributed by atoms with Gasteiger partial charge in [0.1, 0.15) is 0 Å². The van der Waals surface area contributed by atoms with E-state index in [0.29, 0.717) is 18.7 Å². The third-order valence-electron chi connectivity index (χ3n) is 4.52. The van der Waals surface area contributed by atoms with Crippen LogP contribution in [0.5, 0.6) is 0 Å². The molecule has 0 radical (unpaired) electrons. The normalized spacial score (nSPS) is 13.2. The number of anilines is 2. The summed E-state index contributed by atoms with van der Waals surface area (Å²) in [5, 5.41) is 5.67. The van der Waals surface area contributed by atoms with Crippen LogP contribution in [0, 0.1) is 0 Å². The molecule has 6 nitrogen and oxygen atoms in total. The van der Waals surface area contributed by atoms with Crippen molar-refractivity contribution < 1.29 is 9.59 Å². The minimum Gasteiger partial charge on any atom is -0.336 e. The molecule has 7 heteroatoms. The number of pyridine rings is 1. The van der Waals surface area contributed by atoms with E-state index in [9.17, 15) is 9.59 Å². The van der Waals surface area contributed by atoms with Crippen molar-refractivity contribution in [3.8, 4) is 0 Å². The fraction of sp³-hybridized carbons (Fsp3) is 0.136. The van der Waals surface area contributed by atoms with Gasteiger partial charge in [0.15, 0.2) is 0 Å². The number of benzene rings is 2. The first-order valence-corrected chi connectivity index (χ1v) is 10.3. The lowest BCUT2D eigenvalue weighted by Crippen LogP contribution is -2.27. The first-order chi connectivity index (χ1) is 14.2.